The number of rotatable bonds is 7. The van der Waals surface area contributed by atoms with Crippen LogP contribution in [0, 0.1) is 12.8 Å². The number of ether oxygens (including phenoxy) is 1. The average molecular weight is 561 g/mol. The highest BCUT2D eigenvalue weighted by Crippen LogP contribution is 2.38. The quantitative estimate of drug-likeness (QED) is 0.355. The fourth-order valence-corrected chi connectivity index (χ4v) is 7.20. The van der Waals surface area contributed by atoms with Gasteiger partial charge in [-0.25, -0.2) is 9.20 Å². The zero-order chi connectivity index (χ0) is 27.2. The number of nitrogens with zero attached hydrogens (tertiary/aromatic N) is 6. The van der Waals surface area contributed by atoms with Crippen molar-refractivity contribution in [2.75, 3.05) is 31.6 Å². The number of fused-ring (bicyclic) bond motifs is 5. The van der Waals surface area contributed by atoms with Crippen molar-refractivity contribution in [1.29, 1.82) is 0 Å². The van der Waals surface area contributed by atoms with Gasteiger partial charge in [-0.3, -0.25) is 19.5 Å². The molecule has 0 unspecified atom stereocenters. The van der Waals surface area contributed by atoms with Crippen LogP contribution in [0.3, 0.4) is 0 Å². The molecule has 7 heterocycles. The SMILES string of the molecule is Cc1ncc(C(=O)NCCN2CC3CCC2CC3)cc1NC(=O)c1cnn2cc(-c3cnn4c3OCCC4)sc12. The van der Waals surface area contributed by atoms with E-state index in [1.807, 2.05) is 17.8 Å². The first kappa shape index (κ1) is 25.2. The van der Waals surface area contributed by atoms with Crippen LogP contribution in [0.4, 0.5) is 5.69 Å². The highest BCUT2D eigenvalue weighted by molar-refractivity contribution is 7.21. The summed E-state index contributed by atoms with van der Waals surface area (Å²) in [7, 11) is 0. The largest absolute Gasteiger partial charge is 0.477 e. The molecule has 0 aromatic carbocycles. The lowest BCUT2D eigenvalue weighted by Gasteiger charge is -2.45. The molecule has 12 heteroatoms. The van der Waals surface area contributed by atoms with Crippen LogP contribution in [0.5, 0.6) is 5.88 Å². The second-order valence-corrected chi connectivity index (χ2v) is 12.0. The van der Waals surface area contributed by atoms with Crippen molar-refractivity contribution in [3.8, 4) is 16.3 Å². The molecule has 0 spiro atoms. The molecule has 2 bridgehead atoms. The van der Waals surface area contributed by atoms with Crippen LogP contribution in [0.15, 0.2) is 30.9 Å². The monoisotopic (exact) mass is 560 g/mol. The van der Waals surface area contributed by atoms with Gasteiger partial charge in [0.05, 0.1) is 51.9 Å². The van der Waals surface area contributed by atoms with Crippen LogP contribution < -0.4 is 15.4 Å². The summed E-state index contributed by atoms with van der Waals surface area (Å²) in [5.74, 6) is 1.07. The van der Waals surface area contributed by atoms with Gasteiger partial charge in [-0.05, 0) is 44.6 Å². The Morgan fingerprint density at radius 2 is 2.00 bits per heavy atom. The van der Waals surface area contributed by atoms with Gasteiger partial charge in [0.1, 0.15) is 4.83 Å². The van der Waals surface area contributed by atoms with E-state index in [0.717, 1.165) is 48.3 Å². The Balaban J connectivity index is 1.03. The number of carbonyl (C=O) groups is 2. The normalized spacial score (nSPS) is 20.3. The smallest absolute Gasteiger partial charge is 0.260 e. The van der Waals surface area contributed by atoms with Crippen LogP contribution in [0.25, 0.3) is 15.3 Å². The van der Waals surface area contributed by atoms with Gasteiger partial charge in [-0.15, -0.1) is 11.3 Å². The van der Waals surface area contributed by atoms with Gasteiger partial charge in [0.15, 0.2) is 0 Å². The van der Waals surface area contributed by atoms with Crippen molar-refractivity contribution in [2.45, 2.75) is 51.6 Å². The third kappa shape index (κ3) is 4.64. The van der Waals surface area contributed by atoms with Crippen molar-refractivity contribution in [2.24, 2.45) is 5.92 Å². The van der Waals surface area contributed by atoms with Crippen LogP contribution >= 0.6 is 11.3 Å². The number of aryl methyl sites for hydroxylation is 2. The molecule has 4 aromatic heterocycles. The Morgan fingerprint density at radius 1 is 1.12 bits per heavy atom. The predicted molar refractivity (Wildman–Crippen MR) is 151 cm³/mol. The van der Waals surface area contributed by atoms with E-state index in [1.54, 1.807) is 29.2 Å². The van der Waals surface area contributed by atoms with Gasteiger partial charge >= 0.3 is 0 Å². The predicted octanol–water partition coefficient (Wildman–Crippen LogP) is 3.60. The van der Waals surface area contributed by atoms with E-state index in [4.69, 9.17) is 4.74 Å². The molecule has 1 aliphatic carbocycles. The third-order valence-electron chi connectivity index (χ3n) is 8.36. The molecule has 1 saturated carbocycles. The molecule has 2 saturated heterocycles. The van der Waals surface area contributed by atoms with E-state index in [0.29, 0.717) is 46.5 Å². The lowest BCUT2D eigenvalue weighted by Crippen LogP contribution is -2.50. The maximum atomic E-state index is 13.3. The van der Waals surface area contributed by atoms with Crippen molar-refractivity contribution >= 4 is 33.7 Å². The first-order valence-corrected chi connectivity index (χ1v) is 14.8. The van der Waals surface area contributed by atoms with Crippen LogP contribution in [0.1, 0.15) is 58.5 Å². The van der Waals surface area contributed by atoms with E-state index < -0.39 is 0 Å². The number of thiazole rings is 1. The Kier molecular flexibility index (Phi) is 6.51. The summed E-state index contributed by atoms with van der Waals surface area (Å²) in [6.07, 6.45) is 13.0. The third-order valence-corrected chi connectivity index (χ3v) is 9.50. The van der Waals surface area contributed by atoms with Crippen molar-refractivity contribution in [3.63, 3.8) is 0 Å². The molecule has 208 valence electrons. The standard InChI is InChI=1S/C28H32N8O3S/c1-17-23(11-19(12-30-17)25(37)29-7-9-34-15-18-3-5-20(34)6-4-18)33-26(38)22-14-32-36-16-24(40-28(22)36)21-13-31-35-8-2-10-39-27(21)35/h11-14,16,18,20H,2-10,15H2,1H3,(H,29,37)(H,33,38). The molecule has 2 amide bonds. The zero-order valence-electron chi connectivity index (χ0n) is 22.4. The molecule has 0 atom stereocenters. The first-order chi connectivity index (χ1) is 19.5. The Labute approximate surface area is 235 Å². The maximum absolute atomic E-state index is 13.3. The van der Waals surface area contributed by atoms with Crippen molar-refractivity contribution < 1.29 is 14.3 Å². The number of piperidine rings is 2. The molecule has 0 radical (unpaired) electrons. The number of hydrogen-bond acceptors (Lipinski definition) is 8. The molecule has 4 aliphatic rings. The Bertz CT molecular complexity index is 1580. The van der Waals surface area contributed by atoms with E-state index in [-0.39, 0.29) is 11.8 Å². The maximum Gasteiger partial charge on any atom is 0.260 e. The van der Waals surface area contributed by atoms with E-state index in [2.05, 4.69) is 30.7 Å². The van der Waals surface area contributed by atoms with Gasteiger partial charge in [-0.1, -0.05) is 0 Å². The van der Waals surface area contributed by atoms with E-state index in [9.17, 15) is 9.59 Å². The molecule has 40 heavy (non-hydrogen) atoms. The van der Waals surface area contributed by atoms with Gasteiger partial charge in [0, 0.05) is 51.0 Å². The first-order valence-electron chi connectivity index (χ1n) is 14.0. The minimum absolute atomic E-state index is 0.187. The molecular weight excluding hydrogens is 528 g/mol. The van der Waals surface area contributed by atoms with Gasteiger partial charge in [0.2, 0.25) is 5.88 Å². The number of aromatic nitrogens is 5. The number of carbonyl (C=O) groups excluding carboxylic acids is 2. The summed E-state index contributed by atoms with van der Waals surface area (Å²) in [6, 6.07) is 2.36. The fourth-order valence-electron chi connectivity index (χ4n) is 6.14. The lowest BCUT2D eigenvalue weighted by molar-refractivity contribution is 0.0494. The number of pyridine rings is 1. The van der Waals surface area contributed by atoms with Gasteiger partial charge < -0.3 is 15.4 Å². The summed E-state index contributed by atoms with van der Waals surface area (Å²) >= 11 is 1.46. The second kappa shape index (κ2) is 10.3. The highest BCUT2D eigenvalue weighted by atomic mass is 32.1. The molecule has 4 aromatic rings. The summed E-state index contributed by atoms with van der Waals surface area (Å²) in [5.41, 5.74) is 2.90. The van der Waals surface area contributed by atoms with Gasteiger partial charge in [0.25, 0.3) is 11.8 Å². The molecular formula is C28H32N8O3S. The summed E-state index contributed by atoms with van der Waals surface area (Å²) in [5, 5.41) is 14.8. The minimum atomic E-state index is -0.306. The van der Waals surface area contributed by atoms with Crippen molar-refractivity contribution in [1.82, 2.24) is 34.6 Å². The zero-order valence-corrected chi connectivity index (χ0v) is 23.2. The summed E-state index contributed by atoms with van der Waals surface area (Å²) in [4.78, 5) is 34.8. The number of amides is 2. The Morgan fingerprint density at radius 3 is 2.83 bits per heavy atom. The van der Waals surface area contributed by atoms with Crippen molar-refractivity contribution in [3.05, 3.63) is 47.7 Å². The fraction of sp³-hybridized carbons (Fsp3) is 0.464. The van der Waals surface area contributed by atoms with E-state index in [1.165, 1.54) is 37.0 Å². The molecule has 2 N–H and O–H groups in total. The molecule has 8 rings (SSSR count). The van der Waals surface area contributed by atoms with Crippen LogP contribution in [-0.2, 0) is 6.54 Å². The van der Waals surface area contributed by atoms with E-state index >= 15 is 0 Å². The summed E-state index contributed by atoms with van der Waals surface area (Å²) in [6.45, 7) is 5.91. The minimum Gasteiger partial charge on any atom is -0.477 e. The van der Waals surface area contributed by atoms with Crippen LogP contribution in [-0.4, -0.2) is 73.4 Å². The Hall–Kier alpha value is -3.77. The lowest BCUT2D eigenvalue weighted by atomic mass is 9.80. The number of anilines is 1. The van der Waals surface area contributed by atoms with Crippen LogP contribution in [0.2, 0.25) is 0 Å². The van der Waals surface area contributed by atoms with Gasteiger partial charge in [-0.2, -0.15) is 10.2 Å². The summed E-state index contributed by atoms with van der Waals surface area (Å²) < 4.78 is 9.41. The second-order valence-electron chi connectivity index (χ2n) is 10.9. The number of nitrogens with one attached hydrogen (secondary N) is 2. The average Bonchev–Trinajstić information content (AvgIpc) is 3.69. The molecule has 3 aliphatic heterocycles. The molecule has 3 fully saturated rings. The topological polar surface area (TPSA) is 119 Å². The number of hydrogen-bond donors (Lipinski definition) is 2. The molecule has 11 nitrogen and oxygen atoms in total. The highest BCUT2D eigenvalue weighted by Gasteiger charge is 2.33.